The van der Waals surface area contributed by atoms with Crippen molar-refractivity contribution in [3.8, 4) is 0 Å². The van der Waals surface area contributed by atoms with Crippen molar-refractivity contribution in [2.24, 2.45) is 5.92 Å². The highest BCUT2D eigenvalue weighted by atomic mass is 16.5. The third-order valence-electron chi connectivity index (χ3n) is 2.46. The largest absolute Gasteiger partial charge is 0.372 e. The fraction of sp³-hybridized carbons (Fsp3) is 0.727. The van der Waals surface area contributed by atoms with Gasteiger partial charge in [-0.3, -0.25) is 14.9 Å². The number of carbonyl (C=O) groups is 2. The Morgan fingerprint density at radius 3 is 2.69 bits per heavy atom. The average molecular weight is 226 g/mol. The highest BCUT2D eigenvalue weighted by molar-refractivity contribution is 6.07. The molecule has 0 bridgehead atoms. The fourth-order valence-corrected chi connectivity index (χ4v) is 1.47. The van der Waals surface area contributed by atoms with Crippen molar-refractivity contribution in [2.75, 3.05) is 6.61 Å². The van der Waals surface area contributed by atoms with Crippen LogP contribution in [-0.4, -0.2) is 30.2 Å². The van der Waals surface area contributed by atoms with Crippen LogP contribution in [0.1, 0.15) is 33.1 Å². The Kier molecular flexibility index (Phi) is 4.61. The predicted octanol–water partition coefficient (Wildman–Crippen LogP) is 0.874. The van der Waals surface area contributed by atoms with E-state index in [1.165, 1.54) is 0 Å². The number of ether oxygens (including phenoxy) is 1. The first-order valence-electron chi connectivity index (χ1n) is 5.53. The molecule has 1 heterocycles. The molecule has 1 fully saturated rings. The molecule has 0 radical (unpaired) electrons. The molecule has 0 aromatic heterocycles. The van der Waals surface area contributed by atoms with E-state index in [2.05, 4.69) is 5.32 Å². The molecule has 2 amide bonds. The van der Waals surface area contributed by atoms with Gasteiger partial charge in [0.05, 0.1) is 12.5 Å². The molecule has 1 saturated heterocycles. The molecule has 5 nitrogen and oxygen atoms in total. The summed E-state index contributed by atoms with van der Waals surface area (Å²) in [6, 6.07) is 0. The fourth-order valence-electron chi connectivity index (χ4n) is 1.47. The number of hydrogen-bond acceptors (Lipinski definition) is 4. The van der Waals surface area contributed by atoms with E-state index in [0.717, 1.165) is 12.8 Å². The molecule has 1 unspecified atom stereocenters. The van der Waals surface area contributed by atoms with Crippen LogP contribution in [0.3, 0.4) is 0 Å². The highest BCUT2D eigenvalue weighted by Crippen LogP contribution is 2.14. The van der Waals surface area contributed by atoms with Crippen molar-refractivity contribution in [3.05, 3.63) is 0 Å². The Bertz CT molecular complexity index is 294. The summed E-state index contributed by atoms with van der Waals surface area (Å²) in [5.41, 5.74) is 0.256. The maximum atomic E-state index is 11.4. The van der Waals surface area contributed by atoms with Crippen LogP contribution in [0.4, 0.5) is 0 Å². The molecule has 5 heteroatoms. The van der Waals surface area contributed by atoms with E-state index in [-0.39, 0.29) is 30.1 Å². The summed E-state index contributed by atoms with van der Waals surface area (Å²) in [6.45, 7) is 4.08. The molecule has 16 heavy (non-hydrogen) atoms. The average Bonchev–Trinajstić information content (AvgIpc) is 2.69. The van der Waals surface area contributed by atoms with Gasteiger partial charge in [0.25, 0.3) is 0 Å². The Morgan fingerprint density at radius 2 is 2.19 bits per heavy atom. The summed E-state index contributed by atoms with van der Waals surface area (Å²) < 4.78 is 5.28. The van der Waals surface area contributed by atoms with Crippen molar-refractivity contribution in [2.45, 2.75) is 39.2 Å². The van der Waals surface area contributed by atoms with Crippen LogP contribution in [-0.2, 0) is 14.3 Å². The van der Waals surface area contributed by atoms with Gasteiger partial charge in [0, 0.05) is 18.2 Å². The van der Waals surface area contributed by atoms with Gasteiger partial charge in [0.1, 0.15) is 0 Å². The standard InChI is InChI=1S/C11H18N2O3/c1-7(2)11(15)13-10(14)6-8(12)9-4-3-5-16-9/h7,9,12H,3-6H2,1-2H3,(H,13,14,15). The number of imide groups is 1. The lowest BCUT2D eigenvalue weighted by atomic mass is 10.1. The minimum absolute atomic E-state index is 0.0525. The van der Waals surface area contributed by atoms with Gasteiger partial charge < -0.3 is 10.1 Å². The third-order valence-corrected chi connectivity index (χ3v) is 2.46. The Balaban J connectivity index is 2.33. The molecular formula is C11H18N2O3. The zero-order valence-corrected chi connectivity index (χ0v) is 9.71. The van der Waals surface area contributed by atoms with E-state index in [1.54, 1.807) is 13.8 Å². The van der Waals surface area contributed by atoms with Gasteiger partial charge >= 0.3 is 0 Å². The van der Waals surface area contributed by atoms with Crippen LogP contribution in [0.5, 0.6) is 0 Å². The van der Waals surface area contributed by atoms with Crippen molar-refractivity contribution in [1.82, 2.24) is 5.32 Å². The highest BCUT2D eigenvalue weighted by Gasteiger charge is 2.23. The van der Waals surface area contributed by atoms with Crippen molar-refractivity contribution < 1.29 is 14.3 Å². The maximum absolute atomic E-state index is 11.4. The minimum Gasteiger partial charge on any atom is -0.372 e. The molecule has 0 spiro atoms. The Morgan fingerprint density at radius 1 is 1.50 bits per heavy atom. The molecule has 1 rings (SSSR count). The van der Waals surface area contributed by atoms with E-state index in [0.29, 0.717) is 6.61 Å². The van der Waals surface area contributed by atoms with Crippen LogP contribution >= 0.6 is 0 Å². The second kappa shape index (κ2) is 5.75. The number of hydrogen-bond donors (Lipinski definition) is 2. The van der Waals surface area contributed by atoms with Crippen molar-refractivity contribution in [1.29, 1.82) is 5.41 Å². The van der Waals surface area contributed by atoms with Gasteiger partial charge in [-0.25, -0.2) is 0 Å². The van der Waals surface area contributed by atoms with E-state index in [9.17, 15) is 9.59 Å². The van der Waals surface area contributed by atoms with Crippen LogP contribution < -0.4 is 5.32 Å². The second-order valence-electron chi connectivity index (χ2n) is 4.27. The molecular weight excluding hydrogens is 208 g/mol. The Labute approximate surface area is 95.1 Å². The number of rotatable bonds is 4. The van der Waals surface area contributed by atoms with Gasteiger partial charge in [0.15, 0.2) is 0 Å². The molecule has 90 valence electrons. The van der Waals surface area contributed by atoms with Crippen molar-refractivity contribution >= 4 is 17.5 Å². The van der Waals surface area contributed by atoms with Gasteiger partial charge in [-0.05, 0) is 12.8 Å². The van der Waals surface area contributed by atoms with Gasteiger partial charge in [0.2, 0.25) is 11.8 Å². The lowest BCUT2D eigenvalue weighted by Crippen LogP contribution is -2.36. The summed E-state index contributed by atoms with van der Waals surface area (Å²) in [7, 11) is 0. The summed E-state index contributed by atoms with van der Waals surface area (Å²) >= 11 is 0. The second-order valence-corrected chi connectivity index (χ2v) is 4.27. The molecule has 0 saturated carbocycles. The minimum atomic E-state index is -0.417. The van der Waals surface area contributed by atoms with Crippen LogP contribution in [0.15, 0.2) is 0 Å². The zero-order chi connectivity index (χ0) is 12.1. The van der Waals surface area contributed by atoms with Crippen molar-refractivity contribution in [3.63, 3.8) is 0 Å². The first-order chi connectivity index (χ1) is 7.50. The predicted molar refractivity (Wildman–Crippen MR) is 59.3 cm³/mol. The third kappa shape index (κ3) is 3.73. The van der Waals surface area contributed by atoms with Gasteiger partial charge in [-0.1, -0.05) is 13.8 Å². The lowest BCUT2D eigenvalue weighted by molar-refractivity contribution is -0.131. The normalized spacial score (nSPS) is 19.8. The summed E-state index contributed by atoms with van der Waals surface area (Å²) in [5, 5.41) is 9.93. The molecule has 0 aromatic rings. The molecule has 2 N–H and O–H groups in total. The molecule has 1 aliphatic rings. The van der Waals surface area contributed by atoms with Gasteiger partial charge in [-0.15, -0.1) is 0 Å². The van der Waals surface area contributed by atoms with Crippen LogP contribution in [0.25, 0.3) is 0 Å². The van der Waals surface area contributed by atoms with E-state index < -0.39 is 5.91 Å². The topological polar surface area (TPSA) is 79.3 Å². The van der Waals surface area contributed by atoms with Crippen LogP contribution in [0, 0.1) is 11.3 Å². The number of nitrogens with one attached hydrogen (secondary N) is 2. The summed E-state index contributed by atoms with van der Waals surface area (Å²) in [4.78, 5) is 22.6. The molecule has 0 aromatic carbocycles. The number of amides is 2. The lowest BCUT2D eigenvalue weighted by Gasteiger charge is -2.11. The SMILES string of the molecule is CC(C)C(=O)NC(=O)CC(=N)C1CCCO1. The molecule has 0 aliphatic carbocycles. The quantitative estimate of drug-likeness (QED) is 0.698. The van der Waals surface area contributed by atoms with E-state index in [1.807, 2.05) is 0 Å². The smallest absolute Gasteiger partial charge is 0.232 e. The zero-order valence-electron chi connectivity index (χ0n) is 9.71. The Hall–Kier alpha value is -1.23. The van der Waals surface area contributed by atoms with Crippen LogP contribution in [0.2, 0.25) is 0 Å². The van der Waals surface area contributed by atoms with E-state index >= 15 is 0 Å². The first kappa shape index (κ1) is 12.8. The number of carbonyl (C=O) groups excluding carboxylic acids is 2. The molecule has 1 aliphatic heterocycles. The summed E-state index contributed by atoms with van der Waals surface area (Å²) in [5.74, 6) is -0.940. The first-order valence-corrected chi connectivity index (χ1v) is 5.53. The monoisotopic (exact) mass is 226 g/mol. The van der Waals surface area contributed by atoms with Gasteiger partial charge in [-0.2, -0.15) is 0 Å². The summed E-state index contributed by atoms with van der Waals surface area (Å²) in [6.07, 6.45) is 1.44. The van der Waals surface area contributed by atoms with E-state index in [4.69, 9.17) is 10.1 Å². The maximum Gasteiger partial charge on any atom is 0.232 e. The molecule has 1 atom stereocenters.